The number of nitrogens with one attached hydrogen (secondary N) is 1. The zero-order valence-electron chi connectivity index (χ0n) is 12.3. The Morgan fingerprint density at radius 2 is 2.05 bits per heavy atom. The van der Waals surface area contributed by atoms with Crippen LogP contribution in [0.5, 0.6) is 5.75 Å². The van der Waals surface area contributed by atoms with Gasteiger partial charge in [0.15, 0.2) is 6.10 Å². The highest BCUT2D eigenvalue weighted by Crippen LogP contribution is 2.39. The molecule has 0 saturated heterocycles. The van der Waals surface area contributed by atoms with Gasteiger partial charge >= 0.3 is 0 Å². The molecule has 0 aliphatic heterocycles. The fourth-order valence-corrected chi connectivity index (χ4v) is 2.46. The summed E-state index contributed by atoms with van der Waals surface area (Å²) < 4.78 is 6.63. The number of benzene rings is 1. The van der Waals surface area contributed by atoms with Crippen LogP contribution in [0.3, 0.4) is 0 Å². The molecule has 0 bridgehead atoms. The summed E-state index contributed by atoms with van der Waals surface area (Å²) in [5.41, 5.74) is 5.49. The zero-order chi connectivity index (χ0) is 14.8. The second-order valence-electron chi connectivity index (χ2n) is 5.60. The Kier molecular flexibility index (Phi) is 6.50. The minimum Gasteiger partial charge on any atom is -0.481 e. The van der Waals surface area contributed by atoms with Crippen LogP contribution < -0.4 is 15.8 Å². The Hall–Kier alpha value is -0.780. The van der Waals surface area contributed by atoms with Gasteiger partial charge in [-0.15, -0.1) is 12.4 Å². The Morgan fingerprint density at radius 1 is 1.48 bits per heavy atom. The molecule has 2 atom stereocenters. The number of carbonyl (C=O) groups is 1. The minimum absolute atomic E-state index is 0. The Morgan fingerprint density at radius 3 is 2.52 bits per heavy atom. The van der Waals surface area contributed by atoms with Gasteiger partial charge in [-0.05, 0) is 56.9 Å². The maximum absolute atomic E-state index is 12.2. The van der Waals surface area contributed by atoms with Crippen molar-refractivity contribution in [3.63, 3.8) is 0 Å². The Labute approximate surface area is 140 Å². The summed E-state index contributed by atoms with van der Waals surface area (Å²) in [6.07, 6.45) is 1.73. The monoisotopic (exact) mass is 376 g/mol. The first-order valence-corrected chi connectivity index (χ1v) is 7.68. The van der Waals surface area contributed by atoms with E-state index in [1.165, 1.54) is 0 Å². The topological polar surface area (TPSA) is 64.3 Å². The lowest BCUT2D eigenvalue weighted by molar-refractivity contribution is -0.129. The summed E-state index contributed by atoms with van der Waals surface area (Å²) >= 11 is 3.36. The van der Waals surface area contributed by atoms with Gasteiger partial charge in [-0.1, -0.05) is 15.9 Å². The number of hydrogen-bond donors (Lipinski definition) is 2. The third kappa shape index (κ3) is 4.87. The lowest BCUT2D eigenvalue weighted by Crippen LogP contribution is -2.56. The highest BCUT2D eigenvalue weighted by atomic mass is 79.9. The molecule has 1 fully saturated rings. The first-order chi connectivity index (χ1) is 9.44. The highest BCUT2D eigenvalue weighted by Gasteiger charge is 2.42. The fourth-order valence-electron chi connectivity index (χ4n) is 2.19. The van der Waals surface area contributed by atoms with Gasteiger partial charge in [0.1, 0.15) is 5.75 Å². The van der Waals surface area contributed by atoms with Crippen LogP contribution in [0.2, 0.25) is 0 Å². The lowest BCUT2D eigenvalue weighted by Gasteiger charge is -2.30. The largest absolute Gasteiger partial charge is 0.481 e. The Bertz CT molecular complexity index is 479. The normalized spacial score (nSPS) is 18.1. The van der Waals surface area contributed by atoms with E-state index in [-0.39, 0.29) is 23.9 Å². The fraction of sp³-hybridized carbons (Fsp3) is 0.533. The van der Waals surface area contributed by atoms with E-state index >= 15 is 0 Å². The third-order valence-corrected chi connectivity index (χ3v) is 4.34. The van der Waals surface area contributed by atoms with E-state index in [1.807, 2.05) is 31.2 Å². The molecule has 1 aliphatic rings. The molecule has 1 aliphatic carbocycles. The van der Waals surface area contributed by atoms with Crippen LogP contribution in [0, 0.1) is 5.92 Å². The number of ether oxygens (including phenoxy) is 1. The molecule has 3 N–H and O–H groups in total. The van der Waals surface area contributed by atoms with Crippen molar-refractivity contribution in [1.82, 2.24) is 5.32 Å². The van der Waals surface area contributed by atoms with Crippen molar-refractivity contribution in [2.75, 3.05) is 6.54 Å². The Balaban J connectivity index is 0.00000220. The molecule has 0 radical (unpaired) electrons. The zero-order valence-corrected chi connectivity index (χ0v) is 14.7. The summed E-state index contributed by atoms with van der Waals surface area (Å²) in [7, 11) is 0. The number of nitrogens with two attached hydrogens (primary N) is 1. The first kappa shape index (κ1) is 18.3. The summed E-state index contributed by atoms with van der Waals surface area (Å²) in [6.45, 7) is 4.21. The van der Waals surface area contributed by atoms with Crippen LogP contribution in [0.25, 0.3) is 0 Å². The highest BCUT2D eigenvalue weighted by molar-refractivity contribution is 9.10. The van der Waals surface area contributed by atoms with Crippen molar-refractivity contribution in [3.05, 3.63) is 28.7 Å². The van der Waals surface area contributed by atoms with Crippen LogP contribution in [0.4, 0.5) is 0 Å². The van der Waals surface area contributed by atoms with Gasteiger partial charge in [-0.2, -0.15) is 0 Å². The minimum atomic E-state index is -0.541. The third-order valence-electron chi connectivity index (χ3n) is 3.81. The lowest BCUT2D eigenvalue weighted by atomic mass is 9.95. The van der Waals surface area contributed by atoms with E-state index in [2.05, 4.69) is 21.2 Å². The molecule has 2 unspecified atom stereocenters. The summed E-state index contributed by atoms with van der Waals surface area (Å²) in [5, 5.41) is 3.04. The van der Waals surface area contributed by atoms with Crippen LogP contribution >= 0.6 is 28.3 Å². The van der Waals surface area contributed by atoms with E-state index in [4.69, 9.17) is 10.5 Å². The van der Waals surface area contributed by atoms with E-state index in [9.17, 15) is 4.79 Å². The summed E-state index contributed by atoms with van der Waals surface area (Å²) in [4.78, 5) is 12.2. The second-order valence-corrected chi connectivity index (χ2v) is 6.51. The van der Waals surface area contributed by atoms with Gasteiger partial charge in [0.25, 0.3) is 5.91 Å². The molecular weight excluding hydrogens is 356 g/mol. The molecule has 2 rings (SSSR count). The summed E-state index contributed by atoms with van der Waals surface area (Å²) in [5.74, 6) is 1.06. The molecular formula is C15H22BrClN2O2. The van der Waals surface area contributed by atoms with Gasteiger partial charge in [-0.25, -0.2) is 0 Å². The maximum Gasteiger partial charge on any atom is 0.261 e. The molecule has 4 nitrogen and oxygen atoms in total. The predicted octanol–water partition coefficient (Wildman–Crippen LogP) is 2.88. The average molecular weight is 378 g/mol. The number of hydrogen-bond acceptors (Lipinski definition) is 3. The molecule has 0 spiro atoms. The number of amides is 1. The predicted molar refractivity (Wildman–Crippen MR) is 89.8 cm³/mol. The van der Waals surface area contributed by atoms with Crippen LogP contribution in [0.15, 0.2) is 28.7 Å². The quantitative estimate of drug-likeness (QED) is 0.801. The number of rotatable bonds is 6. The number of carbonyl (C=O) groups excluding carboxylic acids is 1. The van der Waals surface area contributed by atoms with Crippen LogP contribution in [-0.4, -0.2) is 24.1 Å². The van der Waals surface area contributed by atoms with Gasteiger partial charge in [0.05, 0.1) is 5.54 Å². The van der Waals surface area contributed by atoms with E-state index in [0.29, 0.717) is 18.2 Å². The van der Waals surface area contributed by atoms with Crippen molar-refractivity contribution in [3.8, 4) is 5.75 Å². The standard InChI is InChI=1S/C15H21BrN2O2.ClH/c1-10(20-13-7-5-12(16)6-8-13)14(19)18-15(2,9-17)11-3-4-11;/h5-8,10-11H,3-4,9,17H2,1-2H3,(H,18,19);1H. The number of halogens is 2. The van der Waals surface area contributed by atoms with Crippen molar-refractivity contribution >= 4 is 34.2 Å². The maximum atomic E-state index is 12.2. The molecule has 6 heteroatoms. The SMILES string of the molecule is CC(Oc1ccc(Br)cc1)C(=O)NC(C)(CN)C1CC1.Cl. The van der Waals surface area contributed by atoms with Crippen molar-refractivity contribution in [2.24, 2.45) is 11.7 Å². The van der Waals surface area contributed by atoms with Crippen LogP contribution in [0.1, 0.15) is 26.7 Å². The van der Waals surface area contributed by atoms with Crippen molar-refractivity contribution in [2.45, 2.75) is 38.3 Å². The van der Waals surface area contributed by atoms with Gasteiger partial charge in [-0.3, -0.25) is 4.79 Å². The van der Waals surface area contributed by atoms with E-state index in [1.54, 1.807) is 6.92 Å². The van der Waals surface area contributed by atoms with Crippen molar-refractivity contribution in [1.29, 1.82) is 0 Å². The molecule has 0 aromatic heterocycles. The second kappa shape index (κ2) is 7.47. The molecule has 118 valence electrons. The molecule has 1 aromatic carbocycles. The molecule has 1 amide bonds. The molecule has 1 aromatic rings. The first-order valence-electron chi connectivity index (χ1n) is 6.89. The van der Waals surface area contributed by atoms with Crippen LogP contribution in [-0.2, 0) is 4.79 Å². The van der Waals surface area contributed by atoms with Gasteiger partial charge in [0.2, 0.25) is 0 Å². The van der Waals surface area contributed by atoms with E-state index in [0.717, 1.165) is 17.3 Å². The molecule has 0 heterocycles. The summed E-state index contributed by atoms with van der Waals surface area (Å²) in [6, 6.07) is 7.43. The smallest absolute Gasteiger partial charge is 0.261 e. The molecule has 21 heavy (non-hydrogen) atoms. The van der Waals surface area contributed by atoms with Crippen molar-refractivity contribution < 1.29 is 9.53 Å². The average Bonchev–Trinajstić information content (AvgIpc) is 3.26. The molecule has 1 saturated carbocycles. The van der Waals surface area contributed by atoms with E-state index < -0.39 is 6.10 Å². The van der Waals surface area contributed by atoms with Gasteiger partial charge < -0.3 is 15.8 Å². The van der Waals surface area contributed by atoms with Gasteiger partial charge in [0, 0.05) is 11.0 Å².